The van der Waals surface area contributed by atoms with Crippen molar-refractivity contribution in [2.24, 2.45) is 0 Å². The Bertz CT molecular complexity index is 1570. The molecule has 0 amide bonds. The van der Waals surface area contributed by atoms with Crippen molar-refractivity contribution in [2.45, 2.75) is 56.1 Å². The zero-order valence-corrected chi connectivity index (χ0v) is 26.7. The Morgan fingerprint density at radius 1 is 0.884 bits per heavy atom. The Labute approximate surface area is 259 Å². The highest BCUT2D eigenvalue weighted by Crippen LogP contribution is 2.35. The third-order valence-corrected chi connectivity index (χ3v) is 11.0. The third-order valence-electron chi connectivity index (χ3n) is 8.51. The summed E-state index contributed by atoms with van der Waals surface area (Å²) in [6.45, 7) is 10.1. The van der Waals surface area contributed by atoms with Crippen LogP contribution in [0.1, 0.15) is 77.4 Å². The fourth-order valence-corrected chi connectivity index (χ4v) is 7.13. The Morgan fingerprint density at radius 3 is 2.12 bits per heavy atom. The molecule has 43 heavy (non-hydrogen) atoms. The van der Waals surface area contributed by atoms with Crippen molar-refractivity contribution in [3.63, 3.8) is 0 Å². The van der Waals surface area contributed by atoms with Gasteiger partial charge in [-0.1, -0.05) is 57.2 Å². The van der Waals surface area contributed by atoms with Crippen molar-refractivity contribution in [2.75, 3.05) is 43.0 Å². The molecule has 8 nitrogen and oxygen atoms in total. The quantitative estimate of drug-likeness (QED) is 0.102. The molecule has 0 spiro atoms. The largest absolute Gasteiger partial charge is 0.744 e. The molecule has 10 heteroatoms. The average Bonchev–Trinajstić information content (AvgIpc) is 3.00. The van der Waals surface area contributed by atoms with E-state index in [1.54, 1.807) is 48.5 Å². The van der Waals surface area contributed by atoms with Crippen LogP contribution in [0.2, 0.25) is 0 Å². The predicted molar refractivity (Wildman–Crippen MR) is 172 cm³/mol. The van der Waals surface area contributed by atoms with E-state index in [0.29, 0.717) is 34.6 Å². The Balaban J connectivity index is 1.41. The van der Waals surface area contributed by atoms with Gasteiger partial charge >= 0.3 is 0 Å². The first-order valence-corrected chi connectivity index (χ1v) is 17.2. The fraction of sp³-hybridized carbons (Fsp3) is 0.394. The number of hydrogen-bond donors (Lipinski definition) is 3. The predicted octanol–water partition coefficient (Wildman–Crippen LogP) is 4.19. The van der Waals surface area contributed by atoms with E-state index in [1.807, 2.05) is 11.8 Å². The van der Waals surface area contributed by atoms with Crippen LogP contribution >= 0.6 is 11.8 Å². The number of benzene rings is 3. The average molecular weight is 624 g/mol. The van der Waals surface area contributed by atoms with E-state index in [1.165, 1.54) is 17.0 Å². The molecule has 1 aliphatic rings. The highest BCUT2D eigenvalue weighted by molar-refractivity contribution is 8.00. The monoisotopic (exact) mass is 623 g/mol. The molecule has 230 valence electrons. The highest BCUT2D eigenvalue weighted by atomic mass is 32.2. The SMILES string of the molecule is CCC(C)(CC)SCC[NH+](CCCNc1ccc(N)c2c1C(=O)c1ccccc1C2=O)CCc1ccc(S(=O)(=O)[O-])cc1. The lowest BCUT2D eigenvalue weighted by atomic mass is 9.82. The summed E-state index contributed by atoms with van der Waals surface area (Å²) in [6.07, 6.45) is 3.82. The maximum Gasteiger partial charge on any atom is 0.196 e. The minimum Gasteiger partial charge on any atom is -0.744 e. The van der Waals surface area contributed by atoms with Crippen LogP contribution in [0.4, 0.5) is 11.4 Å². The van der Waals surface area contributed by atoms with Gasteiger partial charge < -0.3 is 20.5 Å². The van der Waals surface area contributed by atoms with Gasteiger partial charge in [-0.25, -0.2) is 8.42 Å². The normalized spacial score (nSPS) is 13.9. The van der Waals surface area contributed by atoms with Crippen molar-refractivity contribution in [3.8, 4) is 0 Å². The number of carbonyl (C=O) groups is 2. The number of fused-ring (bicyclic) bond motifs is 2. The van der Waals surface area contributed by atoms with E-state index < -0.39 is 10.1 Å². The van der Waals surface area contributed by atoms with Gasteiger partial charge in [-0.2, -0.15) is 0 Å². The molecule has 0 heterocycles. The van der Waals surface area contributed by atoms with Crippen LogP contribution in [-0.2, 0) is 16.5 Å². The summed E-state index contributed by atoms with van der Waals surface area (Å²) in [4.78, 5) is 27.8. The number of nitrogens with two attached hydrogens (primary N) is 1. The van der Waals surface area contributed by atoms with Gasteiger partial charge in [0.1, 0.15) is 10.1 Å². The molecule has 0 bridgehead atoms. The Hall–Kier alpha value is -3.18. The summed E-state index contributed by atoms with van der Waals surface area (Å²) >= 11 is 2.01. The van der Waals surface area contributed by atoms with E-state index in [2.05, 4.69) is 26.1 Å². The lowest BCUT2D eigenvalue weighted by Crippen LogP contribution is -3.12. The summed E-state index contributed by atoms with van der Waals surface area (Å²) < 4.78 is 34.1. The number of carbonyl (C=O) groups excluding carboxylic acids is 2. The van der Waals surface area contributed by atoms with Crippen LogP contribution in [-0.4, -0.2) is 61.2 Å². The standard InChI is InChI=1S/C33H41N3O5S2/c1-4-33(3,5-2)42-22-21-36(20-17-23-11-13-24(14-12-23)43(39,40)41)19-8-18-35-28-16-15-27(34)29-30(28)32(38)26-10-7-6-9-25(26)31(29)37/h6-7,9-16,35H,4-5,8,17-22,34H2,1-3H3,(H,39,40,41). The summed E-state index contributed by atoms with van der Waals surface area (Å²) in [5.74, 6) is 0.594. The maximum absolute atomic E-state index is 13.4. The van der Waals surface area contributed by atoms with Gasteiger partial charge in [0, 0.05) is 52.4 Å². The molecule has 4 N–H and O–H groups in total. The van der Waals surface area contributed by atoms with Gasteiger partial charge in [-0.3, -0.25) is 9.59 Å². The van der Waals surface area contributed by atoms with Crippen molar-refractivity contribution in [3.05, 3.63) is 88.5 Å². The molecule has 1 atom stereocenters. The van der Waals surface area contributed by atoms with Gasteiger partial charge in [-0.15, -0.1) is 11.8 Å². The molecule has 3 aromatic carbocycles. The number of nitrogen functional groups attached to an aromatic ring is 1. The van der Waals surface area contributed by atoms with Gasteiger partial charge in [0.15, 0.2) is 11.6 Å². The lowest BCUT2D eigenvalue weighted by Gasteiger charge is -2.27. The minimum absolute atomic E-state index is 0.199. The number of ketones is 2. The van der Waals surface area contributed by atoms with E-state index in [4.69, 9.17) is 5.73 Å². The smallest absolute Gasteiger partial charge is 0.196 e. The molecular formula is C33H41N3O5S2. The molecule has 3 aromatic rings. The number of hydrogen-bond acceptors (Lipinski definition) is 8. The molecular weight excluding hydrogens is 583 g/mol. The lowest BCUT2D eigenvalue weighted by molar-refractivity contribution is -0.897. The molecule has 0 aliphatic heterocycles. The molecule has 0 saturated heterocycles. The van der Waals surface area contributed by atoms with Crippen LogP contribution in [0, 0.1) is 0 Å². The van der Waals surface area contributed by atoms with Gasteiger partial charge in [-0.05, 0) is 42.7 Å². The van der Waals surface area contributed by atoms with Crippen LogP contribution in [0.5, 0.6) is 0 Å². The van der Waals surface area contributed by atoms with Gasteiger partial charge in [0.05, 0.1) is 35.7 Å². The number of thioether (sulfide) groups is 1. The first-order valence-electron chi connectivity index (χ1n) is 14.8. The first-order chi connectivity index (χ1) is 20.5. The second-order valence-electron chi connectivity index (χ2n) is 11.3. The fourth-order valence-electron chi connectivity index (χ4n) is 5.37. The van der Waals surface area contributed by atoms with E-state index >= 15 is 0 Å². The van der Waals surface area contributed by atoms with Crippen LogP contribution in [0.25, 0.3) is 0 Å². The molecule has 0 fully saturated rings. The van der Waals surface area contributed by atoms with Crippen LogP contribution in [0.15, 0.2) is 65.6 Å². The summed E-state index contributed by atoms with van der Waals surface area (Å²) in [5.41, 5.74) is 9.46. The molecule has 1 aliphatic carbocycles. The van der Waals surface area contributed by atoms with Gasteiger partial charge in [0.2, 0.25) is 0 Å². The summed E-state index contributed by atoms with van der Waals surface area (Å²) in [5, 5.41) is 3.40. The topological polar surface area (TPSA) is 134 Å². The molecule has 0 saturated carbocycles. The molecule has 1 unspecified atom stereocenters. The van der Waals surface area contributed by atoms with Crippen molar-refractivity contribution >= 4 is 44.8 Å². The Kier molecular flexibility index (Phi) is 10.7. The highest BCUT2D eigenvalue weighted by Gasteiger charge is 2.33. The first kappa shape index (κ1) is 32.7. The summed E-state index contributed by atoms with van der Waals surface area (Å²) in [6, 6.07) is 16.5. The summed E-state index contributed by atoms with van der Waals surface area (Å²) in [7, 11) is -4.46. The van der Waals surface area contributed by atoms with Crippen molar-refractivity contribution < 1.29 is 27.5 Å². The zero-order chi connectivity index (χ0) is 31.2. The molecule has 0 radical (unpaired) electrons. The second kappa shape index (κ2) is 14.1. The van der Waals surface area contributed by atoms with Crippen molar-refractivity contribution in [1.82, 2.24) is 0 Å². The van der Waals surface area contributed by atoms with Crippen molar-refractivity contribution in [1.29, 1.82) is 0 Å². The number of quaternary nitrogens is 1. The van der Waals surface area contributed by atoms with Gasteiger partial charge in [0.25, 0.3) is 0 Å². The minimum atomic E-state index is -4.46. The third kappa shape index (κ3) is 7.86. The molecule has 4 rings (SSSR count). The maximum atomic E-state index is 13.4. The number of anilines is 2. The zero-order valence-electron chi connectivity index (χ0n) is 25.1. The molecule has 0 aromatic heterocycles. The van der Waals surface area contributed by atoms with E-state index in [0.717, 1.165) is 56.6 Å². The Morgan fingerprint density at radius 2 is 1.51 bits per heavy atom. The number of nitrogens with one attached hydrogen (secondary N) is 2. The van der Waals surface area contributed by atoms with E-state index in [-0.39, 0.29) is 26.8 Å². The van der Waals surface area contributed by atoms with E-state index in [9.17, 15) is 22.6 Å². The number of rotatable bonds is 15. The second-order valence-corrected chi connectivity index (χ2v) is 14.4. The van der Waals surface area contributed by atoms with Crippen LogP contribution < -0.4 is 16.0 Å². The van der Waals surface area contributed by atoms with Crippen LogP contribution in [0.3, 0.4) is 0 Å².